The normalized spacial score (nSPS) is 16.9. The molecule has 0 amide bonds. The number of hydrogen-bond donors (Lipinski definition) is 0. The van der Waals surface area contributed by atoms with E-state index in [1.54, 1.807) is 0 Å². The van der Waals surface area contributed by atoms with Crippen LogP contribution in [0.15, 0.2) is 295 Å². The summed E-state index contributed by atoms with van der Waals surface area (Å²) in [5.41, 5.74) is 16.0. The summed E-state index contributed by atoms with van der Waals surface area (Å²) < 4.78 is 72.7. The molecule has 9 heterocycles. The van der Waals surface area contributed by atoms with E-state index in [9.17, 15) is 0 Å². The van der Waals surface area contributed by atoms with Crippen LogP contribution in [0.3, 0.4) is 0 Å². The van der Waals surface area contributed by atoms with Crippen molar-refractivity contribution < 1.29 is 50.0 Å². The van der Waals surface area contributed by atoms with Gasteiger partial charge in [-0.25, -0.2) is 0 Å². The molecule has 0 unspecified atom stereocenters. The highest BCUT2D eigenvalue weighted by atomic mass is 32.1. The fraction of sp³-hybridized carbons (Fsp3) is 0.176. The summed E-state index contributed by atoms with van der Waals surface area (Å²) in [6.45, 7) is 25.0. The van der Waals surface area contributed by atoms with Crippen molar-refractivity contribution in [2.75, 3.05) is 0 Å². The maximum atomic E-state index is 6.73. The zero-order valence-corrected chi connectivity index (χ0v) is 67.9. The molecule has 0 bridgehead atoms. The van der Waals surface area contributed by atoms with Gasteiger partial charge in [-0.3, -0.25) is 0 Å². The number of para-hydroxylation sites is 4. The average Bonchev–Trinajstić information content (AvgIpc) is 1.53. The third-order valence-corrected chi connectivity index (χ3v) is 27.2. The van der Waals surface area contributed by atoms with Crippen LogP contribution in [0.2, 0.25) is 0 Å². The van der Waals surface area contributed by atoms with Gasteiger partial charge in [-0.05, 0) is 239 Å². The van der Waals surface area contributed by atoms with Crippen LogP contribution in [0.4, 0.5) is 0 Å². The number of benzene rings is 15. The summed E-state index contributed by atoms with van der Waals surface area (Å²) in [5.74, 6) is 0. The number of hydrogen-bond acceptors (Lipinski definition) is 12. The van der Waals surface area contributed by atoms with Crippen LogP contribution in [-0.4, -0.2) is 55.0 Å². The Hall–Kier alpha value is -11.7. The van der Waals surface area contributed by atoms with Crippen molar-refractivity contribution >= 4 is 211 Å². The third kappa shape index (κ3) is 11.5. The van der Waals surface area contributed by atoms with Crippen LogP contribution in [0.1, 0.15) is 83.1 Å². The van der Waals surface area contributed by atoms with E-state index in [2.05, 4.69) is 326 Å². The van der Waals surface area contributed by atoms with E-state index in [0.29, 0.717) is 0 Å². The van der Waals surface area contributed by atoms with Gasteiger partial charge >= 0.3 is 21.4 Å². The van der Waals surface area contributed by atoms with Gasteiger partial charge in [-0.15, -0.1) is 11.3 Å². The van der Waals surface area contributed by atoms with Crippen molar-refractivity contribution in [1.29, 1.82) is 0 Å². The standard InChI is InChI=1S/2C34H27BO4.C34H27BO3S/c1-33(2)34(3,4)39-35(38-33)28-16-9-15-25-24-14-8-13-23(31(24)37-32(25)28)21-12-7-10-20-18-30-27(19-26(20)21)22-11-5-6-17-29(22)36-30;1-33(2)34(3,4)39-35(38-33)23-18-25(32-24-11-7-8-12-28(24)37-31(32)19-23)22-13-14-29-26(16-22)27-15-20-9-5-6-10-21(20)17-30(27)36-29;1-33(2)34(3,4)38-35(37-33)23-13-15-26-25-14-12-22(18-30(25)39-31(26)19-23)24-10-7-11-28-32(24)27-16-20-8-5-6-9-21(20)17-29(27)36-28/h3*5-19H,1-4H3. The average molecular weight is 1550 g/mol. The van der Waals surface area contributed by atoms with Crippen molar-refractivity contribution in [1.82, 2.24) is 0 Å². The second kappa shape index (κ2) is 25.9. The van der Waals surface area contributed by atoms with Gasteiger partial charge in [0.25, 0.3) is 0 Å². The highest BCUT2D eigenvalue weighted by Gasteiger charge is 2.54. The molecule has 0 radical (unpaired) electrons. The highest BCUT2D eigenvalue weighted by Crippen LogP contribution is 2.48. The molecule has 3 aliphatic heterocycles. The number of furan rings is 5. The van der Waals surface area contributed by atoms with Crippen molar-refractivity contribution in [3.63, 3.8) is 0 Å². The fourth-order valence-corrected chi connectivity index (χ4v) is 18.8. The molecule has 570 valence electrons. The van der Waals surface area contributed by atoms with Crippen molar-refractivity contribution in [2.45, 2.75) is 117 Å². The zero-order chi connectivity index (χ0) is 79.6. The van der Waals surface area contributed by atoms with E-state index in [0.717, 1.165) is 154 Å². The smallest absolute Gasteiger partial charge is 0.456 e. The molecule has 15 aromatic carbocycles. The second-order valence-corrected chi connectivity index (χ2v) is 35.9. The Morgan fingerprint density at radius 3 is 1.34 bits per heavy atom. The number of thiophene rings is 1. The summed E-state index contributed by atoms with van der Waals surface area (Å²) in [6, 6.07) is 95.9. The van der Waals surface area contributed by atoms with E-state index in [1.807, 2.05) is 41.7 Å². The molecule has 11 nitrogen and oxygen atoms in total. The minimum atomic E-state index is -0.497. The van der Waals surface area contributed by atoms with E-state index < -0.39 is 36.6 Å². The summed E-state index contributed by atoms with van der Waals surface area (Å²) in [7, 11) is -1.35. The summed E-state index contributed by atoms with van der Waals surface area (Å²) in [4.78, 5) is 0. The van der Waals surface area contributed by atoms with E-state index >= 15 is 0 Å². The first kappa shape index (κ1) is 71.8. The molecule has 0 saturated carbocycles. The van der Waals surface area contributed by atoms with Gasteiger partial charge in [0.05, 0.1) is 33.6 Å². The largest absolute Gasteiger partial charge is 0.498 e. The third-order valence-electron chi connectivity index (χ3n) is 26.1. The van der Waals surface area contributed by atoms with E-state index in [4.69, 9.17) is 50.0 Å². The van der Waals surface area contributed by atoms with Gasteiger partial charge < -0.3 is 50.0 Å². The maximum Gasteiger partial charge on any atom is 0.498 e. The first-order chi connectivity index (χ1) is 56.3. The molecule has 0 spiro atoms. The minimum absolute atomic E-state index is 0.355. The summed E-state index contributed by atoms with van der Waals surface area (Å²) in [6.07, 6.45) is 0. The van der Waals surface area contributed by atoms with Gasteiger partial charge in [-0.1, -0.05) is 188 Å². The quantitative estimate of drug-likeness (QED) is 0.148. The Balaban J connectivity index is 0.000000106. The summed E-state index contributed by atoms with van der Waals surface area (Å²) >= 11 is 1.82. The molecule has 0 aliphatic carbocycles. The lowest BCUT2D eigenvalue weighted by Crippen LogP contribution is -2.41. The van der Waals surface area contributed by atoms with Crippen LogP contribution in [-0.2, 0) is 27.9 Å². The lowest BCUT2D eigenvalue weighted by atomic mass is 9.77. The number of rotatable bonds is 6. The minimum Gasteiger partial charge on any atom is -0.456 e. The Morgan fingerprint density at radius 2 is 0.658 bits per heavy atom. The SMILES string of the molecule is CC1(C)OB(c2cc(-c3ccc4oc5cc6ccccc6cc5c4c3)c3c(c2)oc2ccccc23)OC1(C)C.CC1(C)OB(c2ccc3c(c2)sc2cc(-c4cccc5oc6cc7ccccc7cc6c45)ccc23)OC1(C)C.CC1(C)OB(c2cccc3c2oc2c(-c4cccc5cc6oc7ccccc7c6cc45)cccc23)OC1(C)C. The van der Waals surface area contributed by atoms with Crippen LogP contribution in [0.5, 0.6) is 0 Å². The first-order valence-electron chi connectivity index (χ1n) is 40.3. The second-order valence-electron chi connectivity index (χ2n) is 34.8. The molecule has 3 saturated heterocycles. The van der Waals surface area contributed by atoms with E-state index in [-0.39, 0.29) is 18.3 Å². The van der Waals surface area contributed by atoms with E-state index in [1.165, 1.54) is 58.2 Å². The molecule has 15 heteroatoms. The molecule has 24 rings (SSSR count). The molecule has 21 aromatic rings. The van der Waals surface area contributed by atoms with Gasteiger partial charge in [0.1, 0.15) is 55.8 Å². The van der Waals surface area contributed by atoms with Gasteiger partial charge in [0, 0.05) is 85.1 Å². The first-order valence-corrected chi connectivity index (χ1v) is 41.1. The molecule has 3 aliphatic rings. The molecule has 0 atom stereocenters. The number of fused-ring (bicyclic) bond motifs is 21. The van der Waals surface area contributed by atoms with Crippen LogP contribution in [0.25, 0.3) is 196 Å². The molecule has 3 fully saturated rings. The van der Waals surface area contributed by atoms with Gasteiger partial charge in [0.15, 0.2) is 0 Å². The zero-order valence-electron chi connectivity index (χ0n) is 67.1. The van der Waals surface area contributed by atoms with Crippen LogP contribution >= 0.6 is 11.3 Å². The molecule has 0 N–H and O–H groups in total. The highest BCUT2D eigenvalue weighted by molar-refractivity contribution is 7.26. The fourth-order valence-electron chi connectivity index (χ4n) is 17.6. The van der Waals surface area contributed by atoms with Gasteiger partial charge in [0.2, 0.25) is 0 Å². The molecule has 6 aromatic heterocycles. The molecule has 117 heavy (non-hydrogen) atoms. The van der Waals surface area contributed by atoms with Crippen molar-refractivity contribution in [3.8, 4) is 33.4 Å². The van der Waals surface area contributed by atoms with Crippen molar-refractivity contribution in [2.24, 2.45) is 0 Å². The Morgan fingerprint density at radius 1 is 0.222 bits per heavy atom. The predicted molar refractivity (Wildman–Crippen MR) is 485 cm³/mol. The maximum absolute atomic E-state index is 6.73. The molecular formula is C102H81B3O11S. The monoisotopic (exact) mass is 1550 g/mol. The summed E-state index contributed by atoms with van der Waals surface area (Å²) in [5, 5.41) is 20.7. The Bertz CT molecular complexity index is 7690. The van der Waals surface area contributed by atoms with Crippen molar-refractivity contribution in [3.05, 3.63) is 273 Å². The Labute approximate surface area is 679 Å². The van der Waals surface area contributed by atoms with Crippen LogP contribution in [0, 0.1) is 0 Å². The lowest BCUT2D eigenvalue weighted by molar-refractivity contribution is 0.00578. The Kier molecular flexibility index (Phi) is 15.9. The van der Waals surface area contributed by atoms with Gasteiger partial charge in [-0.2, -0.15) is 0 Å². The topological polar surface area (TPSA) is 121 Å². The van der Waals surface area contributed by atoms with Crippen LogP contribution < -0.4 is 16.4 Å². The lowest BCUT2D eigenvalue weighted by Gasteiger charge is -2.32. The molecular weight excluding hydrogens is 1470 g/mol. The predicted octanol–water partition coefficient (Wildman–Crippen LogP) is 26.3.